The Morgan fingerprint density at radius 1 is 0.556 bits per heavy atom. The maximum absolute atomic E-state index is 2.44. The Morgan fingerprint density at radius 3 is 1.11 bits per heavy atom. The minimum Gasteiger partial charge on any atom is -0.0620 e. The van der Waals surface area contributed by atoms with Crippen LogP contribution in [0.25, 0.3) is 0 Å². The molecule has 0 N–H and O–H groups in total. The molecule has 0 heterocycles. The summed E-state index contributed by atoms with van der Waals surface area (Å²) in [5.41, 5.74) is 3.94. The van der Waals surface area contributed by atoms with E-state index in [-0.39, 0.29) is 21.7 Å². The second-order valence-corrected chi connectivity index (χ2v) is 8.05. The lowest BCUT2D eigenvalue weighted by Gasteiger charge is -2.64. The van der Waals surface area contributed by atoms with Crippen LogP contribution < -0.4 is 0 Å². The summed E-state index contributed by atoms with van der Waals surface area (Å²) in [4.78, 5) is 0. The highest BCUT2D eigenvalue weighted by Crippen LogP contribution is 2.65. The van der Waals surface area contributed by atoms with E-state index >= 15 is 0 Å². The SMILES string of the molecule is CC1(C)c2ccccc2C(C)(C)C(C)(C)C1(C)C. The summed E-state index contributed by atoms with van der Waals surface area (Å²) in [6, 6.07) is 9.03. The van der Waals surface area contributed by atoms with Gasteiger partial charge in [-0.15, -0.1) is 0 Å². The van der Waals surface area contributed by atoms with Crippen molar-refractivity contribution < 1.29 is 0 Å². The van der Waals surface area contributed by atoms with Gasteiger partial charge in [0.1, 0.15) is 0 Å². The molecular weight excluding hydrogens is 216 g/mol. The zero-order valence-corrected chi connectivity index (χ0v) is 13.3. The lowest BCUT2D eigenvalue weighted by Crippen LogP contribution is -2.59. The van der Waals surface area contributed by atoms with Crippen LogP contribution in [0.4, 0.5) is 0 Å². The summed E-state index contributed by atoms with van der Waals surface area (Å²) in [6.45, 7) is 19.4. The van der Waals surface area contributed by atoms with E-state index in [4.69, 9.17) is 0 Å². The molecule has 100 valence electrons. The van der Waals surface area contributed by atoms with Gasteiger partial charge >= 0.3 is 0 Å². The monoisotopic (exact) mass is 244 g/mol. The van der Waals surface area contributed by atoms with Gasteiger partial charge in [0, 0.05) is 0 Å². The molecule has 1 aromatic carbocycles. The van der Waals surface area contributed by atoms with E-state index in [1.165, 1.54) is 11.1 Å². The predicted octanol–water partition coefficient (Wildman–Crippen LogP) is 5.31. The molecule has 2 rings (SSSR count). The first-order valence-electron chi connectivity index (χ1n) is 7.08. The molecule has 0 saturated carbocycles. The van der Waals surface area contributed by atoms with E-state index in [0.717, 1.165) is 0 Å². The molecule has 1 aromatic rings. The van der Waals surface area contributed by atoms with Gasteiger partial charge in [-0.05, 0) is 32.8 Å². The van der Waals surface area contributed by atoms with Crippen molar-refractivity contribution in [3.05, 3.63) is 35.4 Å². The van der Waals surface area contributed by atoms with Gasteiger partial charge in [0.2, 0.25) is 0 Å². The fourth-order valence-electron chi connectivity index (χ4n) is 3.81. The van der Waals surface area contributed by atoms with Crippen LogP contribution in [0.5, 0.6) is 0 Å². The highest BCUT2D eigenvalue weighted by molar-refractivity contribution is 5.45. The minimum atomic E-state index is 0.197. The van der Waals surface area contributed by atoms with Gasteiger partial charge in [-0.1, -0.05) is 79.7 Å². The van der Waals surface area contributed by atoms with Crippen LogP contribution in [0, 0.1) is 10.8 Å². The maximum atomic E-state index is 2.44. The fraction of sp³-hybridized carbons (Fsp3) is 0.667. The Kier molecular flexibility index (Phi) is 2.58. The van der Waals surface area contributed by atoms with Crippen LogP contribution in [0.2, 0.25) is 0 Å². The van der Waals surface area contributed by atoms with Crippen LogP contribution >= 0.6 is 0 Å². The van der Waals surface area contributed by atoms with Gasteiger partial charge in [-0.25, -0.2) is 0 Å². The van der Waals surface area contributed by atoms with Crippen LogP contribution in [-0.4, -0.2) is 0 Å². The van der Waals surface area contributed by atoms with Crippen molar-refractivity contribution in [2.24, 2.45) is 10.8 Å². The van der Waals surface area contributed by atoms with E-state index in [9.17, 15) is 0 Å². The third kappa shape index (κ3) is 1.27. The lowest BCUT2D eigenvalue weighted by atomic mass is 9.40. The third-order valence-corrected chi connectivity index (χ3v) is 6.96. The molecule has 0 aromatic heterocycles. The van der Waals surface area contributed by atoms with Crippen molar-refractivity contribution in [2.75, 3.05) is 0 Å². The molecule has 0 fully saturated rings. The second kappa shape index (κ2) is 3.40. The Balaban J connectivity index is 2.86. The number of hydrogen-bond acceptors (Lipinski definition) is 0. The number of benzene rings is 1. The number of hydrogen-bond donors (Lipinski definition) is 0. The molecule has 0 aliphatic heterocycles. The molecule has 1 aliphatic carbocycles. The van der Waals surface area contributed by atoms with E-state index in [1.54, 1.807) is 0 Å². The first-order valence-corrected chi connectivity index (χ1v) is 7.08. The van der Waals surface area contributed by atoms with Gasteiger partial charge in [-0.3, -0.25) is 0 Å². The van der Waals surface area contributed by atoms with Gasteiger partial charge in [-0.2, -0.15) is 0 Å². The second-order valence-electron chi connectivity index (χ2n) is 8.05. The molecule has 18 heavy (non-hydrogen) atoms. The van der Waals surface area contributed by atoms with Gasteiger partial charge in [0.05, 0.1) is 0 Å². The van der Waals surface area contributed by atoms with Crippen LogP contribution in [0.1, 0.15) is 66.5 Å². The highest BCUT2D eigenvalue weighted by Gasteiger charge is 2.60. The fourth-order valence-corrected chi connectivity index (χ4v) is 3.81. The predicted molar refractivity (Wildman–Crippen MR) is 80.1 cm³/mol. The summed E-state index contributed by atoms with van der Waals surface area (Å²) in [5.74, 6) is 0. The Labute approximate surface area is 113 Å². The van der Waals surface area contributed by atoms with E-state index < -0.39 is 0 Å². The Hall–Kier alpha value is -0.780. The normalized spacial score (nSPS) is 26.4. The van der Waals surface area contributed by atoms with Crippen molar-refractivity contribution in [2.45, 2.75) is 66.2 Å². The molecular formula is C18H28. The minimum absolute atomic E-state index is 0.197. The summed E-state index contributed by atoms with van der Waals surface area (Å²) in [5, 5.41) is 0. The molecule has 0 atom stereocenters. The zero-order valence-electron chi connectivity index (χ0n) is 13.3. The molecule has 0 heteroatoms. The zero-order chi connectivity index (χ0) is 14.0. The van der Waals surface area contributed by atoms with Crippen LogP contribution in [0.3, 0.4) is 0 Å². The van der Waals surface area contributed by atoms with Crippen LogP contribution in [0.15, 0.2) is 24.3 Å². The molecule has 0 amide bonds. The summed E-state index contributed by atoms with van der Waals surface area (Å²) in [7, 11) is 0. The Morgan fingerprint density at radius 2 is 0.833 bits per heavy atom. The van der Waals surface area contributed by atoms with Crippen molar-refractivity contribution in [1.29, 1.82) is 0 Å². The van der Waals surface area contributed by atoms with E-state index in [0.29, 0.717) is 0 Å². The van der Waals surface area contributed by atoms with E-state index in [2.05, 4.69) is 79.7 Å². The largest absolute Gasteiger partial charge is 0.0620 e. The van der Waals surface area contributed by atoms with Gasteiger partial charge < -0.3 is 0 Å². The topological polar surface area (TPSA) is 0 Å². The summed E-state index contributed by atoms with van der Waals surface area (Å²) < 4.78 is 0. The average Bonchev–Trinajstić information content (AvgIpc) is 2.27. The smallest absolute Gasteiger partial charge is 0.00441 e. The number of fused-ring (bicyclic) bond motifs is 1. The first-order chi connectivity index (χ1) is 7.98. The molecule has 0 spiro atoms. The van der Waals surface area contributed by atoms with Crippen molar-refractivity contribution >= 4 is 0 Å². The molecule has 0 radical (unpaired) electrons. The molecule has 0 saturated heterocycles. The maximum Gasteiger partial charge on any atom is -0.00441 e. The Bertz CT molecular complexity index is 428. The molecule has 0 bridgehead atoms. The summed E-state index contributed by atoms with van der Waals surface area (Å²) >= 11 is 0. The third-order valence-electron chi connectivity index (χ3n) is 6.96. The van der Waals surface area contributed by atoms with Gasteiger partial charge in [0.15, 0.2) is 0 Å². The first kappa shape index (κ1) is 13.6. The van der Waals surface area contributed by atoms with E-state index in [1.807, 2.05) is 0 Å². The van der Waals surface area contributed by atoms with Crippen molar-refractivity contribution in [3.8, 4) is 0 Å². The van der Waals surface area contributed by atoms with Crippen molar-refractivity contribution in [1.82, 2.24) is 0 Å². The standard InChI is InChI=1S/C18H28/c1-15(2)13-11-9-10-12-14(13)16(3,4)18(7,8)17(15,5)6/h9-12H,1-8H3. The average molecular weight is 244 g/mol. The van der Waals surface area contributed by atoms with Crippen molar-refractivity contribution in [3.63, 3.8) is 0 Å². The number of rotatable bonds is 0. The molecule has 0 nitrogen and oxygen atoms in total. The van der Waals surface area contributed by atoms with Crippen LogP contribution in [-0.2, 0) is 10.8 Å². The molecule has 0 unspecified atom stereocenters. The van der Waals surface area contributed by atoms with Gasteiger partial charge in [0.25, 0.3) is 0 Å². The lowest BCUT2D eigenvalue weighted by molar-refractivity contribution is -0.0441. The quantitative estimate of drug-likeness (QED) is 0.580. The highest BCUT2D eigenvalue weighted by atomic mass is 14.6. The molecule has 1 aliphatic rings. The summed E-state index contributed by atoms with van der Waals surface area (Å²) in [6.07, 6.45) is 0.